The third kappa shape index (κ3) is 3.51. The molecule has 1 fully saturated rings. The van der Waals surface area contributed by atoms with E-state index in [-0.39, 0.29) is 19.1 Å². The molecule has 0 bridgehead atoms. The van der Waals surface area contributed by atoms with Gasteiger partial charge in [0, 0.05) is 26.2 Å². The minimum absolute atomic E-state index is 0.0100. The molecule has 1 aromatic heterocycles. The van der Waals surface area contributed by atoms with Gasteiger partial charge in [0.1, 0.15) is 11.5 Å². The Bertz CT molecular complexity index is 416. The van der Waals surface area contributed by atoms with Crippen LogP contribution in [0, 0.1) is 12.8 Å². The SMILES string of the molecule is Cc1ccc(C(C)N2CCNCC(C(F)(F)F)C2)o1. The van der Waals surface area contributed by atoms with Crippen LogP contribution in [0.2, 0.25) is 0 Å². The zero-order valence-corrected chi connectivity index (χ0v) is 11.1. The molecule has 2 heterocycles. The van der Waals surface area contributed by atoms with Gasteiger partial charge in [0.15, 0.2) is 0 Å². The predicted octanol–water partition coefficient (Wildman–Crippen LogP) is 2.73. The van der Waals surface area contributed by atoms with E-state index < -0.39 is 12.1 Å². The molecule has 108 valence electrons. The summed E-state index contributed by atoms with van der Waals surface area (Å²) in [7, 11) is 0. The maximum absolute atomic E-state index is 12.9. The van der Waals surface area contributed by atoms with Gasteiger partial charge in [-0.25, -0.2) is 0 Å². The van der Waals surface area contributed by atoms with Gasteiger partial charge in [-0.3, -0.25) is 4.90 Å². The lowest BCUT2D eigenvalue weighted by Crippen LogP contribution is -2.39. The van der Waals surface area contributed by atoms with Crippen LogP contribution >= 0.6 is 0 Å². The van der Waals surface area contributed by atoms with E-state index in [9.17, 15) is 13.2 Å². The van der Waals surface area contributed by atoms with Crippen molar-refractivity contribution in [2.75, 3.05) is 26.2 Å². The fourth-order valence-corrected chi connectivity index (χ4v) is 2.37. The van der Waals surface area contributed by atoms with Crippen molar-refractivity contribution in [1.82, 2.24) is 10.2 Å². The molecule has 19 heavy (non-hydrogen) atoms. The molecule has 0 saturated carbocycles. The minimum Gasteiger partial charge on any atom is -0.465 e. The minimum atomic E-state index is -4.16. The molecule has 0 aliphatic carbocycles. The van der Waals surface area contributed by atoms with Crippen LogP contribution in [0.1, 0.15) is 24.5 Å². The van der Waals surface area contributed by atoms with E-state index >= 15 is 0 Å². The summed E-state index contributed by atoms with van der Waals surface area (Å²) in [5, 5.41) is 2.85. The van der Waals surface area contributed by atoms with Crippen LogP contribution in [-0.2, 0) is 0 Å². The molecule has 1 saturated heterocycles. The number of nitrogens with zero attached hydrogens (tertiary/aromatic N) is 1. The van der Waals surface area contributed by atoms with Crippen molar-refractivity contribution >= 4 is 0 Å². The lowest BCUT2D eigenvalue weighted by Gasteiger charge is -2.29. The molecule has 1 aliphatic rings. The fraction of sp³-hybridized carbons (Fsp3) is 0.692. The molecule has 0 aromatic carbocycles. The molecular weight excluding hydrogens is 257 g/mol. The van der Waals surface area contributed by atoms with Crippen molar-refractivity contribution in [3.63, 3.8) is 0 Å². The Morgan fingerprint density at radius 3 is 2.74 bits per heavy atom. The Labute approximate surface area is 110 Å². The molecule has 6 heteroatoms. The monoisotopic (exact) mass is 276 g/mol. The van der Waals surface area contributed by atoms with Crippen LogP contribution in [0.15, 0.2) is 16.5 Å². The molecule has 0 spiro atoms. The molecule has 0 radical (unpaired) electrons. The summed E-state index contributed by atoms with van der Waals surface area (Å²) in [5.74, 6) is 0.177. The fourth-order valence-electron chi connectivity index (χ4n) is 2.37. The second-order valence-corrected chi connectivity index (χ2v) is 5.06. The molecule has 2 atom stereocenters. The van der Waals surface area contributed by atoms with Gasteiger partial charge in [-0.1, -0.05) is 0 Å². The standard InChI is InChI=1S/C13H19F3N2O/c1-9-3-4-12(19-9)10(2)18-6-5-17-7-11(8-18)13(14,15)16/h3-4,10-11,17H,5-8H2,1-2H3. The molecule has 1 aromatic rings. The third-order valence-electron chi connectivity index (χ3n) is 3.60. The maximum atomic E-state index is 12.9. The number of hydrogen-bond acceptors (Lipinski definition) is 3. The van der Waals surface area contributed by atoms with Crippen molar-refractivity contribution in [2.45, 2.75) is 26.1 Å². The first-order chi connectivity index (χ1) is 8.88. The number of nitrogens with one attached hydrogen (secondary N) is 1. The van der Waals surface area contributed by atoms with Crippen molar-refractivity contribution in [3.05, 3.63) is 23.7 Å². The first-order valence-corrected chi connectivity index (χ1v) is 6.45. The van der Waals surface area contributed by atoms with Crippen LogP contribution in [0.25, 0.3) is 0 Å². The van der Waals surface area contributed by atoms with Crippen LogP contribution in [0.3, 0.4) is 0 Å². The largest absolute Gasteiger partial charge is 0.465 e. The van der Waals surface area contributed by atoms with E-state index in [0.29, 0.717) is 13.1 Å². The molecule has 0 amide bonds. The molecule has 1 aliphatic heterocycles. The van der Waals surface area contributed by atoms with E-state index in [1.54, 1.807) is 0 Å². The zero-order valence-electron chi connectivity index (χ0n) is 11.1. The number of alkyl halides is 3. The highest BCUT2D eigenvalue weighted by atomic mass is 19.4. The van der Waals surface area contributed by atoms with E-state index in [1.807, 2.05) is 30.9 Å². The van der Waals surface area contributed by atoms with Gasteiger partial charge in [0.25, 0.3) is 0 Å². The van der Waals surface area contributed by atoms with Gasteiger partial charge in [0.2, 0.25) is 0 Å². The molecular formula is C13H19F3N2O. The normalized spacial score (nSPS) is 24.2. The first kappa shape index (κ1) is 14.4. The van der Waals surface area contributed by atoms with E-state index in [1.165, 1.54) is 0 Å². The second-order valence-electron chi connectivity index (χ2n) is 5.06. The Balaban J connectivity index is 2.09. The summed E-state index contributed by atoms with van der Waals surface area (Å²) >= 11 is 0. The summed E-state index contributed by atoms with van der Waals surface area (Å²) in [5.41, 5.74) is 0. The predicted molar refractivity (Wildman–Crippen MR) is 65.8 cm³/mol. The van der Waals surface area contributed by atoms with Crippen LogP contribution in [0.4, 0.5) is 13.2 Å². The molecule has 2 rings (SSSR count). The van der Waals surface area contributed by atoms with E-state index in [4.69, 9.17) is 4.42 Å². The van der Waals surface area contributed by atoms with Gasteiger partial charge in [-0.05, 0) is 26.0 Å². The summed E-state index contributed by atoms with van der Waals surface area (Å²) < 4.78 is 44.1. The van der Waals surface area contributed by atoms with Gasteiger partial charge < -0.3 is 9.73 Å². The highest BCUT2D eigenvalue weighted by molar-refractivity contribution is 5.09. The second kappa shape index (κ2) is 5.54. The lowest BCUT2D eigenvalue weighted by molar-refractivity contribution is -0.177. The van der Waals surface area contributed by atoms with Gasteiger partial charge in [-0.15, -0.1) is 0 Å². The van der Waals surface area contributed by atoms with E-state index in [0.717, 1.165) is 11.5 Å². The summed E-state index contributed by atoms with van der Waals surface area (Å²) in [6.45, 7) is 4.88. The average Bonchev–Trinajstić information content (AvgIpc) is 2.62. The Morgan fingerprint density at radius 1 is 1.42 bits per heavy atom. The first-order valence-electron chi connectivity index (χ1n) is 6.45. The third-order valence-corrected chi connectivity index (χ3v) is 3.60. The summed E-state index contributed by atoms with van der Waals surface area (Å²) in [6, 6.07) is 3.53. The summed E-state index contributed by atoms with van der Waals surface area (Å²) in [6.07, 6.45) is -4.16. The lowest BCUT2D eigenvalue weighted by atomic mass is 10.1. The molecule has 2 unspecified atom stereocenters. The topological polar surface area (TPSA) is 28.4 Å². The van der Waals surface area contributed by atoms with Crippen LogP contribution in [-0.4, -0.2) is 37.3 Å². The number of halogens is 3. The number of aryl methyl sites for hydroxylation is 1. The molecule has 3 nitrogen and oxygen atoms in total. The van der Waals surface area contributed by atoms with E-state index in [2.05, 4.69) is 5.32 Å². The molecule has 1 N–H and O–H groups in total. The van der Waals surface area contributed by atoms with Gasteiger partial charge in [-0.2, -0.15) is 13.2 Å². The van der Waals surface area contributed by atoms with Crippen LogP contribution in [0.5, 0.6) is 0 Å². The summed E-state index contributed by atoms with van der Waals surface area (Å²) in [4.78, 5) is 1.83. The number of furan rings is 1. The van der Waals surface area contributed by atoms with Gasteiger partial charge in [0.05, 0.1) is 12.0 Å². The van der Waals surface area contributed by atoms with Crippen LogP contribution < -0.4 is 5.32 Å². The highest BCUT2D eigenvalue weighted by Gasteiger charge is 2.41. The van der Waals surface area contributed by atoms with Crippen molar-refractivity contribution in [2.24, 2.45) is 5.92 Å². The quantitative estimate of drug-likeness (QED) is 0.900. The number of hydrogen-bond donors (Lipinski definition) is 1. The maximum Gasteiger partial charge on any atom is 0.394 e. The zero-order chi connectivity index (χ0) is 14.0. The Morgan fingerprint density at radius 2 is 2.16 bits per heavy atom. The smallest absolute Gasteiger partial charge is 0.394 e. The Hall–Kier alpha value is -1.01. The van der Waals surface area contributed by atoms with Crippen molar-refractivity contribution in [1.29, 1.82) is 0 Å². The van der Waals surface area contributed by atoms with Crippen molar-refractivity contribution in [3.8, 4) is 0 Å². The Kier molecular flexibility index (Phi) is 4.20. The van der Waals surface area contributed by atoms with Gasteiger partial charge >= 0.3 is 6.18 Å². The van der Waals surface area contributed by atoms with Crippen molar-refractivity contribution < 1.29 is 17.6 Å². The highest BCUT2D eigenvalue weighted by Crippen LogP contribution is 2.30. The number of rotatable bonds is 2. The average molecular weight is 276 g/mol.